The average Bonchev–Trinajstić information content (AvgIpc) is 2.38. The van der Waals surface area contributed by atoms with E-state index in [9.17, 15) is 4.79 Å². The largest absolute Gasteiger partial charge is 0.383 e. The van der Waals surface area contributed by atoms with Crippen molar-refractivity contribution in [1.82, 2.24) is 4.90 Å². The molecule has 1 aromatic carbocycles. The maximum Gasteiger partial charge on any atom is 0.253 e. The summed E-state index contributed by atoms with van der Waals surface area (Å²) in [6.07, 6.45) is 0.867. The first kappa shape index (κ1) is 15.2. The summed E-state index contributed by atoms with van der Waals surface area (Å²) in [6.45, 7) is 3.28. The van der Waals surface area contributed by atoms with E-state index in [0.717, 1.165) is 17.5 Å². The summed E-state index contributed by atoms with van der Waals surface area (Å²) in [6, 6.07) is 7.76. The molecule has 18 heavy (non-hydrogen) atoms. The molecular weight excluding hydrogens is 294 g/mol. The number of hydrogen-bond acceptors (Lipinski definition) is 2. The number of carbonyl (C=O) groups is 1. The third kappa shape index (κ3) is 4.10. The van der Waals surface area contributed by atoms with E-state index < -0.39 is 0 Å². The van der Waals surface area contributed by atoms with Gasteiger partial charge in [-0.05, 0) is 18.1 Å². The second kappa shape index (κ2) is 7.54. The number of hydrogen-bond donors (Lipinski definition) is 0. The molecule has 0 saturated heterocycles. The van der Waals surface area contributed by atoms with Crippen LogP contribution in [0.25, 0.3) is 0 Å². The van der Waals surface area contributed by atoms with E-state index in [1.54, 1.807) is 12.0 Å². The minimum absolute atomic E-state index is 0.0630. The van der Waals surface area contributed by atoms with Gasteiger partial charge in [-0.2, -0.15) is 0 Å². The maximum absolute atomic E-state index is 12.3. The van der Waals surface area contributed by atoms with Crippen LogP contribution < -0.4 is 0 Å². The predicted molar refractivity (Wildman–Crippen MR) is 77.4 cm³/mol. The van der Waals surface area contributed by atoms with Crippen molar-refractivity contribution in [3.05, 3.63) is 35.4 Å². The maximum atomic E-state index is 12.3. The zero-order valence-corrected chi connectivity index (χ0v) is 12.7. The summed E-state index contributed by atoms with van der Waals surface area (Å²) < 4.78 is 5.05. The van der Waals surface area contributed by atoms with E-state index >= 15 is 0 Å². The highest BCUT2D eigenvalue weighted by Crippen LogP contribution is 2.13. The molecule has 1 atom stereocenters. The van der Waals surface area contributed by atoms with Gasteiger partial charge in [0.2, 0.25) is 0 Å². The highest BCUT2D eigenvalue weighted by Gasteiger charge is 2.17. The van der Waals surface area contributed by atoms with Crippen LogP contribution in [-0.2, 0) is 11.2 Å². The first-order valence-electron chi connectivity index (χ1n) is 6.06. The molecule has 0 N–H and O–H groups in total. The lowest BCUT2D eigenvalue weighted by molar-refractivity contribution is 0.0783. The number of rotatable bonds is 6. The first-order chi connectivity index (χ1) is 8.60. The van der Waals surface area contributed by atoms with Crippen molar-refractivity contribution < 1.29 is 9.53 Å². The Morgan fingerprint density at radius 1 is 1.44 bits per heavy atom. The number of aryl methyl sites for hydroxylation is 1. The molecule has 0 fully saturated rings. The zero-order chi connectivity index (χ0) is 13.5. The number of amides is 1. The average molecular weight is 314 g/mol. The third-order valence-corrected chi connectivity index (χ3v) is 3.35. The van der Waals surface area contributed by atoms with Crippen LogP contribution in [0.1, 0.15) is 22.8 Å². The first-order valence-corrected chi connectivity index (χ1v) is 6.98. The van der Waals surface area contributed by atoms with Gasteiger partial charge in [-0.1, -0.05) is 41.1 Å². The number of carbonyl (C=O) groups excluding carboxylic acids is 1. The van der Waals surface area contributed by atoms with E-state index in [2.05, 4.69) is 22.9 Å². The Balaban J connectivity index is 2.74. The van der Waals surface area contributed by atoms with E-state index in [1.807, 2.05) is 31.3 Å². The Morgan fingerprint density at radius 3 is 2.72 bits per heavy atom. The Labute approximate surface area is 117 Å². The zero-order valence-electron chi connectivity index (χ0n) is 11.1. The van der Waals surface area contributed by atoms with Crippen molar-refractivity contribution in [2.45, 2.75) is 18.2 Å². The van der Waals surface area contributed by atoms with Crippen molar-refractivity contribution in [2.75, 3.05) is 27.3 Å². The molecule has 0 aliphatic carbocycles. The number of halogens is 1. The number of methoxy groups -OCH3 is 1. The lowest BCUT2D eigenvalue weighted by Gasteiger charge is -2.21. The molecule has 3 nitrogen and oxygen atoms in total. The van der Waals surface area contributed by atoms with Gasteiger partial charge in [-0.3, -0.25) is 4.79 Å². The molecular formula is C14H20BrNO2. The van der Waals surface area contributed by atoms with Crippen LogP contribution in [0, 0.1) is 0 Å². The SMILES string of the molecule is CCc1ccccc1C(=O)N(C)CC(Br)COC. The molecule has 4 heteroatoms. The smallest absolute Gasteiger partial charge is 0.253 e. The topological polar surface area (TPSA) is 29.5 Å². The Morgan fingerprint density at radius 2 is 2.11 bits per heavy atom. The number of ether oxygens (including phenoxy) is 1. The van der Waals surface area contributed by atoms with Gasteiger partial charge in [0.05, 0.1) is 11.4 Å². The van der Waals surface area contributed by atoms with Crippen LogP contribution in [0.15, 0.2) is 24.3 Å². The quantitative estimate of drug-likeness (QED) is 0.756. The summed E-state index contributed by atoms with van der Waals surface area (Å²) in [5.74, 6) is 0.0630. The molecule has 0 radical (unpaired) electrons. The summed E-state index contributed by atoms with van der Waals surface area (Å²) in [5, 5.41) is 0. The lowest BCUT2D eigenvalue weighted by atomic mass is 10.0. The lowest BCUT2D eigenvalue weighted by Crippen LogP contribution is -2.34. The minimum atomic E-state index is 0.0630. The molecule has 0 heterocycles. The highest BCUT2D eigenvalue weighted by atomic mass is 79.9. The summed E-state index contributed by atoms with van der Waals surface area (Å²) in [5.41, 5.74) is 1.88. The molecule has 0 aliphatic heterocycles. The molecule has 1 unspecified atom stereocenters. The van der Waals surface area contributed by atoms with Gasteiger partial charge >= 0.3 is 0 Å². The molecule has 100 valence electrons. The van der Waals surface area contributed by atoms with Gasteiger partial charge < -0.3 is 9.64 Å². The van der Waals surface area contributed by atoms with Gasteiger partial charge in [0.15, 0.2) is 0 Å². The molecule has 0 spiro atoms. The second-order valence-electron chi connectivity index (χ2n) is 4.25. The molecule has 1 amide bonds. The number of alkyl halides is 1. The van der Waals surface area contributed by atoms with Gasteiger partial charge in [0.1, 0.15) is 0 Å². The fourth-order valence-corrected chi connectivity index (χ4v) is 2.56. The normalized spacial score (nSPS) is 12.2. The van der Waals surface area contributed by atoms with Crippen molar-refractivity contribution in [3.63, 3.8) is 0 Å². The van der Waals surface area contributed by atoms with Crippen LogP contribution in [0.2, 0.25) is 0 Å². The van der Waals surface area contributed by atoms with E-state index in [4.69, 9.17) is 4.74 Å². The molecule has 0 saturated carbocycles. The van der Waals surface area contributed by atoms with Gasteiger partial charge in [-0.25, -0.2) is 0 Å². The van der Waals surface area contributed by atoms with Gasteiger partial charge in [0, 0.05) is 26.3 Å². The van der Waals surface area contributed by atoms with Crippen LogP contribution in [0.4, 0.5) is 0 Å². The van der Waals surface area contributed by atoms with Crippen LogP contribution in [-0.4, -0.2) is 42.9 Å². The van der Waals surface area contributed by atoms with Crippen molar-refractivity contribution in [1.29, 1.82) is 0 Å². The molecule has 1 rings (SSSR count). The highest BCUT2D eigenvalue weighted by molar-refractivity contribution is 9.09. The minimum Gasteiger partial charge on any atom is -0.383 e. The van der Waals surface area contributed by atoms with Crippen molar-refractivity contribution >= 4 is 21.8 Å². The van der Waals surface area contributed by atoms with E-state index in [0.29, 0.717) is 13.2 Å². The Kier molecular flexibility index (Phi) is 6.36. The predicted octanol–water partition coefficient (Wildman–Crippen LogP) is 2.73. The molecule has 0 aromatic heterocycles. The van der Waals surface area contributed by atoms with E-state index in [-0.39, 0.29) is 10.7 Å². The summed E-state index contributed by atoms with van der Waals surface area (Å²) >= 11 is 3.50. The number of nitrogens with zero attached hydrogens (tertiary/aromatic N) is 1. The Hall–Kier alpha value is -0.870. The molecule has 1 aromatic rings. The fraction of sp³-hybridized carbons (Fsp3) is 0.500. The summed E-state index contributed by atoms with van der Waals surface area (Å²) in [7, 11) is 3.47. The third-order valence-electron chi connectivity index (χ3n) is 2.79. The Bertz CT molecular complexity index is 395. The fourth-order valence-electron chi connectivity index (χ4n) is 1.86. The van der Waals surface area contributed by atoms with Crippen LogP contribution in [0.3, 0.4) is 0 Å². The van der Waals surface area contributed by atoms with Crippen LogP contribution in [0.5, 0.6) is 0 Å². The molecule has 0 bridgehead atoms. The van der Waals surface area contributed by atoms with Crippen molar-refractivity contribution in [2.24, 2.45) is 0 Å². The van der Waals surface area contributed by atoms with Gasteiger partial charge in [-0.15, -0.1) is 0 Å². The summed E-state index contributed by atoms with van der Waals surface area (Å²) in [4.78, 5) is 14.2. The standard InChI is InChI=1S/C14H20BrNO2/c1-4-11-7-5-6-8-13(11)14(17)16(2)9-12(15)10-18-3/h5-8,12H,4,9-10H2,1-3H3. The van der Waals surface area contributed by atoms with Crippen LogP contribution >= 0.6 is 15.9 Å². The van der Waals surface area contributed by atoms with Crippen molar-refractivity contribution in [3.8, 4) is 0 Å². The van der Waals surface area contributed by atoms with E-state index in [1.165, 1.54) is 0 Å². The number of benzene rings is 1. The molecule has 0 aliphatic rings. The monoisotopic (exact) mass is 313 g/mol. The second-order valence-corrected chi connectivity index (χ2v) is 5.54. The van der Waals surface area contributed by atoms with Gasteiger partial charge in [0.25, 0.3) is 5.91 Å².